The van der Waals surface area contributed by atoms with Gasteiger partial charge in [0.2, 0.25) is 0 Å². The van der Waals surface area contributed by atoms with Crippen molar-refractivity contribution in [1.82, 2.24) is 0 Å². The Bertz CT molecular complexity index is 27.2. The Morgan fingerprint density at radius 3 is 0.857 bits per heavy atom. The number of hydrogen-bond acceptors (Lipinski definition) is 0. The van der Waals surface area contributed by atoms with E-state index >= 15 is 0 Å². The monoisotopic (exact) mass is 314 g/mol. The zero-order valence-electron chi connectivity index (χ0n) is 2.68. The molecular weight excluding hydrogens is 316 g/mol. The second kappa shape index (κ2) is 6.46. The molecule has 0 spiro atoms. The summed E-state index contributed by atoms with van der Waals surface area (Å²) in [5.74, 6) is 0. The van der Waals surface area contributed by atoms with E-state index in [2.05, 4.69) is 0 Å². The van der Waals surface area contributed by atoms with Gasteiger partial charge < -0.3 is 0 Å². The molecule has 0 amide bonds. The normalized spacial score (nSPS) is 8.57. The summed E-state index contributed by atoms with van der Waals surface area (Å²) in [6, 6.07) is 0. The first-order valence-corrected chi connectivity index (χ1v) is 2.27. The second-order valence-electron chi connectivity index (χ2n) is 0.429. The summed E-state index contributed by atoms with van der Waals surface area (Å²) in [7, 11) is 0. The van der Waals surface area contributed by atoms with Gasteiger partial charge in [0.05, 0.1) is 0 Å². The molecule has 0 aliphatic heterocycles. The maximum Gasteiger partial charge on any atom is 0.266 e. The SMILES string of the molecule is ClC(Cl)(Cl)Cl.[Fe].[Pd]. The quantitative estimate of drug-likeness (QED) is 0.476. The molecule has 0 unspecified atom stereocenters. The number of alkyl halides is 4. The van der Waals surface area contributed by atoms with Crippen molar-refractivity contribution >= 4 is 46.4 Å². The Kier molecular flexibility index (Phi) is 14.9. The average Bonchev–Trinajstić information content (AvgIpc) is 0.722. The van der Waals surface area contributed by atoms with Crippen molar-refractivity contribution in [2.45, 2.75) is 3.25 Å². The van der Waals surface area contributed by atoms with Crippen molar-refractivity contribution in [2.24, 2.45) is 0 Å². The third kappa shape index (κ3) is 61.2. The molecule has 0 N–H and O–H groups in total. The molecule has 0 saturated carbocycles. The molecule has 0 heterocycles. The first-order chi connectivity index (χ1) is 2.00. The maximum absolute atomic E-state index is 4.83. The molecule has 0 aliphatic rings. The molecule has 6 heteroatoms. The van der Waals surface area contributed by atoms with E-state index in [1.54, 1.807) is 0 Å². The molecule has 0 saturated heterocycles. The van der Waals surface area contributed by atoms with E-state index in [0.717, 1.165) is 0 Å². The number of rotatable bonds is 0. The maximum atomic E-state index is 4.83. The smallest absolute Gasteiger partial charge is 0.0664 e. The Morgan fingerprint density at radius 2 is 0.857 bits per heavy atom. The van der Waals surface area contributed by atoms with Gasteiger partial charge in [-0.15, -0.1) is 0 Å². The van der Waals surface area contributed by atoms with Crippen LogP contribution in [0.15, 0.2) is 0 Å². The van der Waals surface area contributed by atoms with E-state index in [4.69, 9.17) is 46.4 Å². The standard InChI is InChI=1S/CCl4.Fe.Pd/c2-1(3,4)5;;. The average molecular weight is 316 g/mol. The minimum atomic E-state index is -1.61. The summed E-state index contributed by atoms with van der Waals surface area (Å²) in [6.07, 6.45) is 0. The van der Waals surface area contributed by atoms with Crippen LogP contribution in [0.5, 0.6) is 0 Å². The van der Waals surface area contributed by atoms with Crippen LogP contribution in [0, 0.1) is 0 Å². The van der Waals surface area contributed by atoms with Gasteiger partial charge in [-0.2, -0.15) is 0 Å². The number of hydrogen-bond donors (Lipinski definition) is 0. The van der Waals surface area contributed by atoms with E-state index < -0.39 is 3.25 Å². The fourth-order valence-electron chi connectivity index (χ4n) is 0. The van der Waals surface area contributed by atoms with Gasteiger partial charge in [-0.1, -0.05) is 46.4 Å². The van der Waals surface area contributed by atoms with Crippen molar-refractivity contribution in [1.29, 1.82) is 0 Å². The third-order valence-electron chi connectivity index (χ3n) is 0. The van der Waals surface area contributed by atoms with Crippen LogP contribution in [0.4, 0.5) is 0 Å². The summed E-state index contributed by atoms with van der Waals surface area (Å²) in [5.41, 5.74) is 0. The number of halogens is 4. The zero-order chi connectivity index (χ0) is 4.50. The topological polar surface area (TPSA) is 0 Å². The predicted octanol–water partition coefficient (Wildman–Crippen LogP) is 2.55. The molecule has 0 radical (unpaired) electrons. The van der Waals surface area contributed by atoms with Crippen LogP contribution in [0.2, 0.25) is 0 Å². The molecule has 7 heavy (non-hydrogen) atoms. The van der Waals surface area contributed by atoms with Crippen LogP contribution in [0.3, 0.4) is 0 Å². The molecule has 0 nitrogen and oxygen atoms in total. The third-order valence-corrected chi connectivity index (χ3v) is 0. The molecule has 0 aromatic heterocycles. The Morgan fingerprint density at radius 1 is 0.857 bits per heavy atom. The van der Waals surface area contributed by atoms with Crippen molar-refractivity contribution < 1.29 is 37.5 Å². The summed E-state index contributed by atoms with van der Waals surface area (Å²) >= 11 is 19.3. The van der Waals surface area contributed by atoms with Crippen LogP contribution in [-0.4, -0.2) is 3.25 Å². The summed E-state index contributed by atoms with van der Waals surface area (Å²) in [4.78, 5) is 0. The molecule has 0 aromatic carbocycles. The summed E-state index contributed by atoms with van der Waals surface area (Å²) < 4.78 is -1.61. The van der Waals surface area contributed by atoms with Gasteiger partial charge >= 0.3 is 0 Å². The van der Waals surface area contributed by atoms with Gasteiger partial charge in [-0.25, -0.2) is 0 Å². The van der Waals surface area contributed by atoms with Gasteiger partial charge in [-0.05, 0) is 0 Å². The Hall–Kier alpha value is 2.34. The van der Waals surface area contributed by atoms with Crippen LogP contribution in [-0.2, 0) is 37.5 Å². The van der Waals surface area contributed by atoms with Crippen molar-refractivity contribution in [3.63, 3.8) is 0 Å². The predicted molar refractivity (Wildman–Crippen MR) is 26.1 cm³/mol. The van der Waals surface area contributed by atoms with Gasteiger partial charge in [0, 0.05) is 37.5 Å². The molecule has 0 rings (SSSR count). The summed E-state index contributed by atoms with van der Waals surface area (Å²) in [6.45, 7) is 0. The fourth-order valence-corrected chi connectivity index (χ4v) is 0. The van der Waals surface area contributed by atoms with Crippen LogP contribution in [0.1, 0.15) is 0 Å². The van der Waals surface area contributed by atoms with Crippen molar-refractivity contribution in [3.8, 4) is 0 Å². The molecule has 0 bridgehead atoms. The first kappa shape index (κ1) is 16.2. The van der Waals surface area contributed by atoms with Crippen LogP contribution >= 0.6 is 46.4 Å². The van der Waals surface area contributed by atoms with E-state index in [-0.39, 0.29) is 37.5 Å². The van der Waals surface area contributed by atoms with E-state index in [0.29, 0.717) is 0 Å². The Balaban J connectivity index is -0.0000000800. The Labute approximate surface area is 86.3 Å². The van der Waals surface area contributed by atoms with Crippen LogP contribution < -0.4 is 0 Å². The molecule has 0 aromatic rings. The van der Waals surface area contributed by atoms with Crippen molar-refractivity contribution in [3.05, 3.63) is 0 Å². The molecule has 0 atom stereocenters. The van der Waals surface area contributed by atoms with Crippen molar-refractivity contribution in [2.75, 3.05) is 0 Å². The molecular formula is CCl4FePd. The molecule has 50 valence electrons. The minimum Gasteiger partial charge on any atom is -0.0664 e. The van der Waals surface area contributed by atoms with Gasteiger partial charge in [0.1, 0.15) is 0 Å². The van der Waals surface area contributed by atoms with Gasteiger partial charge in [-0.3, -0.25) is 0 Å². The first-order valence-electron chi connectivity index (χ1n) is 0.756. The molecule has 0 fully saturated rings. The minimum absolute atomic E-state index is 0. The van der Waals surface area contributed by atoms with Gasteiger partial charge in [0.15, 0.2) is 0 Å². The van der Waals surface area contributed by atoms with E-state index in [1.807, 2.05) is 0 Å². The molecule has 0 aliphatic carbocycles. The largest absolute Gasteiger partial charge is 0.266 e. The van der Waals surface area contributed by atoms with E-state index in [1.165, 1.54) is 0 Å². The zero-order valence-corrected chi connectivity index (χ0v) is 8.36. The van der Waals surface area contributed by atoms with Crippen LogP contribution in [0.25, 0.3) is 0 Å². The fraction of sp³-hybridized carbons (Fsp3) is 1.00. The summed E-state index contributed by atoms with van der Waals surface area (Å²) in [5, 5.41) is 0. The second-order valence-corrected chi connectivity index (χ2v) is 3.86. The van der Waals surface area contributed by atoms with Gasteiger partial charge in [0.25, 0.3) is 3.25 Å². The van der Waals surface area contributed by atoms with E-state index in [9.17, 15) is 0 Å².